The topological polar surface area (TPSA) is 42.7 Å². The van der Waals surface area contributed by atoms with Crippen LogP contribution in [-0.2, 0) is 6.54 Å². The molecule has 0 radical (unpaired) electrons. The molecule has 0 saturated heterocycles. The third kappa shape index (κ3) is 2.31. The average molecular weight is 236 g/mol. The lowest BCUT2D eigenvalue weighted by Gasteiger charge is -2.02. The summed E-state index contributed by atoms with van der Waals surface area (Å²) in [7, 11) is 1.94. The maximum absolute atomic E-state index is 4.40. The molecule has 0 atom stereocenters. The van der Waals surface area contributed by atoms with Crippen molar-refractivity contribution >= 4 is 11.3 Å². The van der Waals surface area contributed by atoms with Crippen LogP contribution in [0.3, 0.4) is 0 Å². The summed E-state index contributed by atoms with van der Waals surface area (Å²) in [6.07, 6.45) is 5.85. The van der Waals surface area contributed by atoms with Gasteiger partial charge in [0.05, 0.1) is 6.20 Å². The predicted octanol–water partition coefficient (Wildman–Crippen LogP) is 2.31. The van der Waals surface area contributed by atoms with Gasteiger partial charge in [0, 0.05) is 35.4 Å². The Morgan fingerprint density at radius 2 is 2.25 bits per heavy atom. The molecule has 2 aromatic rings. The molecule has 1 N–H and O–H groups in total. The van der Waals surface area contributed by atoms with Gasteiger partial charge in [0.15, 0.2) is 0 Å². The first-order chi connectivity index (χ1) is 7.70. The molecule has 0 unspecified atom stereocenters. The monoisotopic (exact) mass is 236 g/mol. The first kappa shape index (κ1) is 11.3. The third-order valence-electron chi connectivity index (χ3n) is 2.28. The SMILES string of the molecule is CNCc1cnc(-c2cnn(C(C)C)c2)s1. The molecule has 0 aliphatic carbocycles. The Morgan fingerprint density at radius 3 is 2.88 bits per heavy atom. The quantitative estimate of drug-likeness (QED) is 0.885. The van der Waals surface area contributed by atoms with Crippen molar-refractivity contribution < 1.29 is 0 Å². The van der Waals surface area contributed by atoms with Gasteiger partial charge in [-0.1, -0.05) is 0 Å². The van der Waals surface area contributed by atoms with Crippen molar-refractivity contribution in [3.63, 3.8) is 0 Å². The van der Waals surface area contributed by atoms with Crippen LogP contribution in [-0.4, -0.2) is 21.8 Å². The van der Waals surface area contributed by atoms with E-state index in [1.54, 1.807) is 11.3 Å². The Kier molecular flexibility index (Phi) is 3.36. The second-order valence-electron chi connectivity index (χ2n) is 3.96. The molecule has 2 rings (SSSR count). The second-order valence-corrected chi connectivity index (χ2v) is 5.08. The molecule has 0 bridgehead atoms. The molecule has 0 aliphatic heterocycles. The first-order valence-corrected chi connectivity index (χ1v) is 6.16. The summed E-state index contributed by atoms with van der Waals surface area (Å²) in [4.78, 5) is 5.65. The van der Waals surface area contributed by atoms with Crippen LogP contribution in [0, 0.1) is 0 Å². The minimum Gasteiger partial charge on any atom is -0.315 e. The number of hydrogen-bond acceptors (Lipinski definition) is 4. The van der Waals surface area contributed by atoms with E-state index in [1.165, 1.54) is 4.88 Å². The molecular formula is C11H16N4S. The molecule has 2 heterocycles. The second kappa shape index (κ2) is 4.76. The number of thiazole rings is 1. The molecule has 0 aromatic carbocycles. The molecule has 0 amide bonds. The minimum absolute atomic E-state index is 0.394. The zero-order valence-electron chi connectivity index (χ0n) is 9.77. The van der Waals surface area contributed by atoms with Gasteiger partial charge in [-0.05, 0) is 20.9 Å². The third-order valence-corrected chi connectivity index (χ3v) is 3.33. The maximum atomic E-state index is 4.40. The number of hydrogen-bond donors (Lipinski definition) is 1. The first-order valence-electron chi connectivity index (χ1n) is 5.34. The predicted molar refractivity (Wildman–Crippen MR) is 66.5 cm³/mol. The number of rotatable bonds is 4. The van der Waals surface area contributed by atoms with E-state index in [-0.39, 0.29) is 0 Å². The average Bonchev–Trinajstić information content (AvgIpc) is 2.84. The molecule has 0 saturated carbocycles. The molecule has 86 valence electrons. The van der Waals surface area contributed by atoms with Crippen LogP contribution in [0.5, 0.6) is 0 Å². The molecule has 0 fully saturated rings. The van der Waals surface area contributed by atoms with Gasteiger partial charge in [-0.25, -0.2) is 4.98 Å². The molecule has 0 spiro atoms. The fourth-order valence-electron chi connectivity index (χ4n) is 1.43. The van der Waals surface area contributed by atoms with E-state index >= 15 is 0 Å². The Hall–Kier alpha value is -1.20. The highest BCUT2D eigenvalue weighted by molar-refractivity contribution is 7.15. The fraction of sp³-hybridized carbons (Fsp3) is 0.455. The summed E-state index contributed by atoms with van der Waals surface area (Å²) in [5.74, 6) is 0. The molecule has 4 nitrogen and oxygen atoms in total. The van der Waals surface area contributed by atoms with Crippen molar-refractivity contribution in [1.82, 2.24) is 20.1 Å². The smallest absolute Gasteiger partial charge is 0.126 e. The Morgan fingerprint density at radius 1 is 1.44 bits per heavy atom. The number of nitrogens with one attached hydrogen (secondary N) is 1. The van der Waals surface area contributed by atoms with Crippen LogP contribution >= 0.6 is 11.3 Å². The molecule has 0 aliphatic rings. The highest BCUT2D eigenvalue weighted by atomic mass is 32.1. The fourth-order valence-corrected chi connectivity index (χ4v) is 2.33. The van der Waals surface area contributed by atoms with Crippen LogP contribution in [0.4, 0.5) is 0 Å². The van der Waals surface area contributed by atoms with Gasteiger partial charge in [-0.2, -0.15) is 5.10 Å². The summed E-state index contributed by atoms with van der Waals surface area (Å²) >= 11 is 1.71. The summed E-state index contributed by atoms with van der Waals surface area (Å²) < 4.78 is 1.95. The van der Waals surface area contributed by atoms with Crippen molar-refractivity contribution in [2.45, 2.75) is 26.4 Å². The molecule has 16 heavy (non-hydrogen) atoms. The molecule has 2 aromatic heterocycles. The van der Waals surface area contributed by atoms with Crippen LogP contribution in [0.2, 0.25) is 0 Å². The van der Waals surface area contributed by atoms with E-state index in [9.17, 15) is 0 Å². The van der Waals surface area contributed by atoms with Crippen LogP contribution < -0.4 is 5.32 Å². The zero-order chi connectivity index (χ0) is 11.5. The van der Waals surface area contributed by atoms with Crippen molar-refractivity contribution in [2.75, 3.05) is 7.05 Å². The number of nitrogens with zero attached hydrogens (tertiary/aromatic N) is 3. The molecule has 5 heteroatoms. The van der Waals surface area contributed by atoms with E-state index < -0.39 is 0 Å². The summed E-state index contributed by atoms with van der Waals surface area (Å²) in [5, 5.41) is 8.48. The highest BCUT2D eigenvalue weighted by Crippen LogP contribution is 2.25. The summed E-state index contributed by atoms with van der Waals surface area (Å²) in [6, 6.07) is 0.394. The van der Waals surface area contributed by atoms with Crippen LogP contribution in [0.15, 0.2) is 18.6 Å². The standard InChI is InChI=1S/C11H16N4S/c1-8(2)15-7-9(4-14-15)11-13-6-10(16-11)5-12-3/h4,6-8,12H,5H2,1-3H3. The minimum atomic E-state index is 0.394. The van der Waals surface area contributed by atoms with E-state index in [0.717, 1.165) is 17.1 Å². The Labute approximate surface area is 99.3 Å². The normalized spacial score (nSPS) is 11.2. The van der Waals surface area contributed by atoms with Crippen LogP contribution in [0.25, 0.3) is 10.6 Å². The van der Waals surface area contributed by atoms with Gasteiger partial charge in [0.25, 0.3) is 0 Å². The van der Waals surface area contributed by atoms with Crippen molar-refractivity contribution in [2.24, 2.45) is 0 Å². The summed E-state index contributed by atoms with van der Waals surface area (Å²) in [6.45, 7) is 5.10. The van der Waals surface area contributed by atoms with Crippen molar-refractivity contribution in [1.29, 1.82) is 0 Å². The van der Waals surface area contributed by atoms with Gasteiger partial charge >= 0.3 is 0 Å². The largest absolute Gasteiger partial charge is 0.315 e. The van der Waals surface area contributed by atoms with Gasteiger partial charge < -0.3 is 5.32 Å². The van der Waals surface area contributed by atoms with Gasteiger partial charge in [-0.15, -0.1) is 11.3 Å². The zero-order valence-corrected chi connectivity index (χ0v) is 10.6. The Bertz CT molecular complexity index is 458. The lowest BCUT2D eigenvalue weighted by atomic mass is 10.3. The van der Waals surface area contributed by atoms with E-state index in [1.807, 2.05) is 30.3 Å². The summed E-state index contributed by atoms with van der Waals surface area (Å²) in [5.41, 5.74) is 1.10. The van der Waals surface area contributed by atoms with Gasteiger partial charge in [0.1, 0.15) is 5.01 Å². The van der Waals surface area contributed by atoms with E-state index in [0.29, 0.717) is 6.04 Å². The highest BCUT2D eigenvalue weighted by Gasteiger charge is 2.08. The maximum Gasteiger partial charge on any atom is 0.126 e. The van der Waals surface area contributed by atoms with E-state index in [4.69, 9.17) is 0 Å². The molecular weight excluding hydrogens is 220 g/mol. The lowest BCUT2D eigenvalue weighted by Crippen LogP contribution is -2.02. The van der Waals surface area contributed by atoms with Gasteiger partial charge in [-0.3, -0.25) is 4.68 Å². The van der Waals surface area contributed by atoms with Crippen molar-refractivity contribution in [3.8, 4) is 10.6 Å². The number of aromatic nitrogens is 3. The van der Waals surface area contributed by atoms with E-state index in [2.05, 4.69) is 29.2 Å². The van der Waals surface area contributed by atoms with Crippen molar-refractivity contribution in [3.05, 3.63) is 23.5 Å². The lowest BCUT2D eigenvalue weighted by molar-refractivity contribution is 0.532. The van der Waals surface area contributed by atoms with Crippen LogP contribution in [0.1, 0.15) is 24.8 Å². The van der Waals surface area contributed by atoms with Gasteiger partial charge in [0.2, 0.25) is 0 Å². The Balaban J connectivity index is 2.21.